The average molecular weight is 236 g/mol. The normalized spacial score (nSPS) is 9.50. The zero-order chi connectivity index (χ0) is 9.82. The van der Waals surface area contributed by atoms with E-state index in [0.29, 0.717) is 6.61 Å². The number of rotatable bonds is 5. The molecule has 0 bridgehead atoms. The fourth-order valence-electron chi connectivity index (χ4n) is 0.715. The molecule has 0 spiro atoms. The van der Waals surface area contributed by atoms with Crippen molar-refractivity contribution in [3.8, 4) is 0 Å². The molecule has 0 atom stereocenters. The quantitative estimate of drug-likeness (QED) is 0.565. The Morgan fingerprint density at radius 3 is 1.75 bits per heavy atom. The van der Waals surface area contributed by atoms with E-state index in [4.69, 9.17) is 39.9 Å². The lowest BCUT2D eigenvalue weighted by atomic mass is 10.2. The first kappa shape index (κ1) is 15.3. The lowest BCUT2D eigenvalue weighted by Crippen LogP contribution is -1.81. The summed E-state index contributed by atoms with van der Waals surface area (Å²) in [5.41, 5.74) is 0. The lowest BCUT2D eigenvalue weighted by molar-refractivity contribution is 0.282. The highest BCUT2D eigenvalue weighted by Gasteiger charge is 1.84. The largest absolute Gasteiger partial charge is 0.396 e. The van der Waals surface area contributed by atoms with E-state index >= 15 is 0 Å². The summed E-state index contributed by atoms with van der Waals surface area (Å²) in [6, 6.07) is 0. The third-order valence-electron chi connectivity index (χ3n) is 1.26. The van der Waals surface area contributed by atoms with Crippen LogP contribution in [0.15, 0.2) is 0 Å². The van der Waals surface area contributed by atoms with Crippen LogP contribution in [0.5, 0.6) is 0 Å². The number of halogens is 3. The van der Waals surface area contributed by atoms with Gasteiger partial charge in [0.1, 0.15) is 0 Å². The van der Waals surface area contributed by atoms with Crippen molar-refractivity contribution in [2.75, 3.05) is 6.61 Å². The molecule has 0 saturated carbocycles. The molecule has 0 unspecified atom stereocenters. The molecule has 0 fully saturated rings. The molecule has 1 nitrogen and oxygen atoms in total. The smallest absolute Gasteiger partial charge is 0.180 e. The molecule has 0 aromatic carbocycles. The van der Waals surface area contributed by atoms with Gasteiger partial charge in [0.15, 0.2) is 4.30 Å². The van der Waals surface area contributed by atoms with Crippen LogP contribution < -0.4 is 0 Å². The molecular weight excluding hydrogens is 218 g/mol. The minimum absolute atomic E-state index is 0.365. The van der Waals surface area contributed by atoms with Gasteiger partial charge in [0.05, 0.1) is 0 Å². The Balaban J connectivity index is 0. The second-order valence-corrected chi connectivity index (χ2v) is 4.36. The molecule has 12 heavy (non-hydrogen) atoms. The van der Waals surface area contributed by atoms with E-state index in [0.717, 1.165) is 6.42 Å². The molecule has 0 aliphatic rings. The number of hydrogen-bond acceptors (Lipinski definition) is 1. The van der Waals surface area contributed by atoms with Crippen molar-refractivity contribution in [1.82, 2.24) is 0 Å². The number of aliphatic hydroxyl groups is 1. The zero-order valence-electron chi connectivity index (χ0n) is 7.40. The first-order valence-corrected chi connectivity index (χ1v) is 5.49. The van der Waals surface area contributed by atoms with Gasteiger partial charge in [-0.3, -0.25) is 0 Å². The maximum Gasteiger partial charge on any atom is 0.180 e. The summed E-state index contributed by atoms with van der Waals surface area (Å²) in [4.78, 5) is 0. The molecule has 0 rings (SSSR count). The molecule has 1 N–H and O–H groups in total. The van der Waals surface area contributed by atoms with Crippen molar-refractivity contribution in [3.05, 3.63) is 0 Å². The van der Waals surface area contributed by atoms with E-state index in [2.05, 4.69) is 6.92 Å². The van der Waals surface area contributed by atoms with Crippen LogP contribution in [-0.2, 0) is 0 Å². The molecule has 0 saturated heterocycles. The number of unbranched alkanes of at least 4 members (excludes halogenated alkanes) is 4. The molecule has 0 aliphatic carbocycles. The number of aliphatic hydroxyl groups excluding tert-OH is 1. The zero-order valence-corrected chi connectivity index (χ0v) is 9.67. The molecule has 0 radical (unpaired) electrons. The maximum absolute atomic E-state index is 8.37. The molecule has 0 aliphatic heterocycles. The first-order chi connectivity index (χ1) is 5.65. The van der Waals surface area contributed by atoms with Gasteiger partial charge in [-0.05, 0) is 6.42 Å². The van der Waals surface area contributed by atoms with Crippen LogP contribution in [0.4, 0.5) is 0 Å². The van der Waals surface area contributed by atoms with Gasteiger partial charge in [-0.25, -0.2) is 0 Å². The van der Waals surface area contributed by atoms with Gasteiger partial charge in [-0.15, -0.1) is 0 Å². The fourth-order valence-corrected chi connectivity index (χ4v) is 0.715. The van der Waals surface area contributed by atoms with Crippen molar-refractivity contribution < 1.29 is 5.11 Å². The van der Waals surface area contributed by atoms with Gasteiger partial charge >= 0.3 is 0 Å². The van der Waals surface area contributed by atoms with Crippen molar-refractivity contribution >= 4 is 34.8 Å². The minimum Gasteiger partial charge on any atom is -0.396 e. The lowest BCUT2D eigenvalue weighted by Gasteiger charge is -1.93. The van der Waals surface area contributed by atoms with Crippen LogP contribution in [0.1, 0.15) is 39.0 Å². The summed E-state index contributed by atoms with van der Waals surface area (Å²) >= 11 is 14.4. The molecule has 0 aromatic rings. The van der Waals surface area contributed by atoms with Crippen LogP contribution in [0, 0.1) is 0 Å². The molecule has 0 heterocycles. The molecular formula is C8H17Cl3O. The van der Waals surface area contributed by atoms with E-state index in [1.807, 2.05) is 0 Å². The minimum atomic E-state index is -0.750. The summed E-state index contributed by atoms with van der Waals surface area (Å²) in [5, 5.41) is 8.37. The Morgan fingerprint density at radius 1 is 1.00 bits per heavy atom. The Bertz CT molecular complexity index is 60.6. The van der Waals surface area contributed by atoms with Crippen LogP contribution in [0.3, 0.4) is 0 Å². The second kappa shape index (κ2) is 14.4. The maximum atomic E-state index is 8.37. The van der Waals surface area contributed by atoms with Crippen molar-refractivity contribution in [3.63, 3.8) is 0 Å². The molecule has 0 aromatic heterocycles. The van der Waals surface area contributed by atoms with E-state index in [9.17, 15) is 0 Å². The average Bonchev–Trinajstić information content (AvgIpc) is 1.97. The van der Waals surface area contributed by atoms with Crippen molar-refractivity contribution in [2.24, 2.45) is 0 Å². The van der Waals surface area contributed by atoms with E-state index < -0.39 is 4.30 Å². The SMILES string of the molecule is CCCCCCCO.ClC(Cl)Cl. The molecule has 4 heteroatoms. The van der Waals surface area contributed by atoms with Crippen molar-refractivity contribution in [1.29, 1.82) is 0 Å². The summed E-state index contributed by atoms with van der Waals surface area (Å²) in [6.07, 6.45) is 6.08. The summed E-state index contributed by atoms with van der Waals surface area (Å²) in [5.74, 6) is 0. The highest BCUT2D eigenvalue weighted by Crippen LogP contribution is 2.03. The van der Waals surface area contributed by atoms with Gasteiger partial charge in [0, 0.05) is 6.61 Å². The van der Waals surface area contributed by atoms with Gasteiger partial charge in [0.25, 0.3) is 0 Å². The number of hydrogen-bond donors (Lipinski definition) is 1. The Hall–Kier alpha value is 0.830. The third-order valence-corrected chi connectivity index (χ3v) is 1.26. The molecule has 0 amide bonds. The summed E-state index contributed by atoms with van der Waals surface area (Å²) in [7, 11) is 0. The predicted molar refractivity (Wildman–Crippen MR) is 57.2 cm³/mol. The third kappa shape index (κ3) is 30.8. The fraction of sp³-hybridized carbons (Fsp3) is 1.00. The van der Waals surface area contributed by atoms with Gasteiger partial charge < -0.3 is 5.11 Å². The summed E-state index contributed by atoms with van der Waals surface area (Å²) in [6.45, 7) is 2.56. The van der Waals surface area contributed by atoms with Gasteiger partial charge in [-0.1, -0.05) is 67.4 Å². The number of alkyl halides is 3. The highest BCUT2D eigenvalue weighted by molar-refractivity contribution is 6.63. The van der Waals surface area contributed by atoms with Gasteiger partial charge in [-0.2, -0.15) is 0 Å². The Labute approximate surface area is 90.0 Å². The second-order valence-electron chi connectivity index (χ2n) is 2.39. The van der Waals surface area contributed by atoms with Crippen LogP contribution in [0.25, 0.3) is 0 Å². The first-order valence-electron chi connectivity index (χ1n) is 4.18. The Kier molecular flexibility index (Phi) is 18.3. The van der Waals surface area contributed by atoms with E-state index in [1.165, 1.54) is 25.7 Å². The van der Waals surface area contributed by atoms with E-state index in [-0.39, 0.29) is 0 Å². The Morgan fingerprint density at radius 2 is 1.42 bits per heavy atom. The predicted octanol–water partition coefficient (Wildman–Crippen LogP) is 3.94. The summed E-state index contributed by atoms with van der Waals surface area (Å²) < 4.78 is -0.750. The van der Waals surface area contributed by atoms with Crippen LogP contribution in [-0.4, -0.2) is 16.0 Å². The van der Waals surface area contributed by atoms with Crippen LogP contribution >= 0.6 is 34.8 Å². The van der Waals surface area contributed by atoms with Crippen LogP contribution in [0.2, 0.25) is 0 Å². The van der Waals surface area contributed by atoms with Crippen molar-refractivity contribution in [2.45, 2.75) is 43.3 Å². The molecule has 76 valence electrons. The standard InChI is InChI=1S/C7H16O.CHCl3/c1-2-3-4-5-6-7-8;2-1(3)4/h8H,2-7H2,1H3;1H. The van der Waals surface area contributed by atoms with Gasteiger partial charge in [0.2, 0.25) is 0 Å². The highest BCUT2D eigenvalue weighted by atomic mass is 35.6. The van der Waals surface area contributed by atoms with E-state index in [1.54, 1.807) is 0 Å². The monoisotopic (exact) mass is 234 g/mol. The topological polar surface area (TPSA) is 20.2 Å².